The van der Waals surface area contributed by atoms with E-state index in [9.17, 15) is 10.1 Å². The fourth-order valence-electron chi connectivity index (χ4n) is 2.28. The van der Waals surface area contributed by atoms with E-state index in [4.69, 9.17) is 25.8 Å². The second-order valence-corrected chi connectivity index (χ2v) is 5.67. The third-order valence-corrected chi connectivity index (χ3v) is 3.84. The smallest absolute Gasteiger partial charge is 0.353 e. The van der Waals surface area contributed by atoms with Gasteiger partial charge >= 0.3 is 5.69 Å². The van der Waals surface area contributed by atoms with E-state index in [1.54, 1.807) is 13.2 Å². The molecule has 0 unspecified atom stereocenters. The number of rotatable bonds is 10. The highest BCUT2D eigenvalue weighted by molar-refractivity contribution is 6.32. The minimum atomic E-state index is -0.557. The molecule has 0 saturated heterocycles. The quantitative estimate of drug-likeness (QED) is 0.353. The van der Waals surface area contributed by atoms with Crippen LogP contribution in [0.2, 0.25) is 5.02 Å². The fraction of sp³-hybridized carbons (Fsp3) is 0.375. The van der Waals surface area contributed by atoms with Crippen LogP contribution < -0.4 is 20.1 Å². The van der Waals surface area contributed by atoms with Crippen molar-refractivity contribution in [2.45, 2.75) is 6.42 Å². The summed E-state index contributed by atoms with van der Waals surface area (Å²) in [6.07, 6.45) is 1.90. The maximum absolute atomic E-state index is 11.6. The molecule has 11 heteroatoms. The normalized spacial score (nSPS) is 10.4. The van der Waals surface area contributed by atoms with Crippen LogP contribution in [0.15, 0.2) is 18.5 Å². The summed E-state index contributed by atoms with van der Waals surface area (Å²) in [6.45, 7) is 0.987. The van der Waals surface area contributed by atoms with E-state index in [0.29, 0.717) is 41.8 Å². The monoisotopic (exact) mass is 397 g/mol. The molecule has 0 aliphatic carbocycles. The Balaban J connectivity index is 2.36. The van der Waals surface area contributed by atoms with E-state index >= 15 is 0 Å². The second kappa shape index (κ2) is 9.74. The average Bonchev–Trinajstić information content (AvgIpc) is 2.65. The second-order valence-electron chi connectivity index (χ2n) is 5.26. The number of nitrogens with one attached hydrogen (secondary N) is 2. The lowest BCUT2D eigenvalue weighted by atomic mass is 10.2. The zero-order chi connectivity index (χ0) is 19.8. The van der Waals surface area contributed by atoms with E-state index < -0.39 is 4.92 Å². The van der Waals surface area contributed by atoms with Crippen molar-refractivity contribution in [3.63, 3.8) is 0 Å². The molecule has 2 aromatic rings. The molecule has 1 aromatic carbocycles. The predicted molar refractivity (Wildman–Crippen MR) is 102 cm³/mol. The lowest BCUT2D eigenvalue weighted by Gasteiger charge is -2.14. The van der Waals surface area contributed by atoms with Gasteiger partial charge < -0.3 is 24.8 Å². The van der Waals surface area contributed by atoms with Crippen molar-refractivity contribution < 1.29 is 19.1 Å². The molecule has 0 saturated carbocycles. The molecule has 2 rings (SSSR count). The van der Waals surface area contributed by atoms with E-state index in [1.807, 2.05) is 0 Å². The standard InChI is InChI=1S/C16H20ClN5O5/c1-25-6-4-5-18-15-14(22(23)24)16(20-9-19-15)21-11-7-10(17)12(26-2)8-13(11)27-3/h7-9H,4-6H2,1-3H3,(H2,18,19,20,21). The molecular formula is C16H20ClN5O5. The molecule has 0 atom stereocenters. The number of anilines is 3. The summed E-state index contributed by atoms with van der Waals surface area (Å²) < 4.78 is 15.4. The topological polar surface area (TPSA) is 121 Å². The fourth-order valence-corrected chi connectivity index (χ4v) is 2.52. The molecule has 0 bridgehead atoms. The summed E-state index contributed by atoms with van der Waals surface area (Å²) >= 11 is 6.15. The predicted octanol–water partition coefficient (Wildman–Crippen LogP) is 3.25. The lowest BCUT2D eigenvalue weighted by molar-refractivity contribution is -0.383. The Labute approximate surface area is 161 Å². The SMILES string of the molecule is COCCCNc1ncnc(Nc2cc(Cl)c(OC)cc2OC)c1[N+](=O)[O-]. The lowest BCUT2D eigenvalue weighted by Crippen LogP contribution is -2.10. The van der Waals surface area contributed by atoms with Crippen molar-refractivity contribution in [2.24, 2.45) is 0 Å². The highest BCUT2D eigenvalue weighted by Crippen LogP contribution is 2.39. The summed E-state index contributed by atoms with van der Waals surface area (Å²) in [7, 11) is 4.53. The maximum atomic E-state index is 11.6. The van der Waals surface area contributed by atoms with Gasteiger partial charge in [0.1, 0.15) is 17.8 Å². The Morgan fingerprint density at radius 1 is 1.15 bits per heavy atom. The molecule has 27 heavy (non-hydrogen) atoms. The highest BCUT2D eigenvalue weighted by atomic mass is 35.5. The molecule has 0 radical (unpaired) electrons. The van der Waals surface area contributed by atoms with Crippen LogP contribution in [0, 0.1) is 10.1 Å². The first-order valence-electron chi connectivity index (χ1n) is 7.92. The van der Waals surface area contributed by atoms with Crippen molar-refractivity contribution in [3.8, 4) is 11.5 Å². The van der Waals surface area contributed by atoms with Crippen LogP contribution in [0.5, 0.6) is 11.5 Å². The third kappa shape index (κ3) is 5.08. The zero-order valence-corrected chi connectivity index (χ0v) is 15.9. The third-order valence-electron chi connectivity index (χ3n) is 3.55. The number of ether oxygens (including phenoxy) is 3. The first-order chi connectivity index (χ1) is 13.0. The van der Waals surface area contributed by atoms with Gasteiger partial charge in [0, 0.05) is 26.3 Å². The molecule has 0 aliphatic heterocycles. The number of halogens is 1. The van der Waals surface area contributed by atoms with Crippen LogP contribution in [-0.2, 0) is 4.74 Å². The van der Waals surface area contributed by atoms with Gasteiger partial charge in [0.05, 0.1) is 29.9 Å². The van der Waals surface area contributed by atoms with Crippen LogP contribution in [0.25, 0.3) is 0 Å². The van der Waals surface area contributed by atoms with E-state index in [-0.39, 0.29) is 17.3 Å². The van der Waals surface area contributed by atoms with Gasteiger partial charge in [-0.05, 0) is 12.5 Å². The average molecular weight is 398 g/mol. The number of hydrogen-bond acceptors (Lipinski definition) is 9. The van der Waals surface area contributed by atoms with E-state index in [0.717, 1.165) is 0 Å². The molecule has 146 valence electrons. The first-order valence-corrected chi connectivity index (χ1v) is 8.30. The van der Waals surface area contributed by atoms with Gasteiger partial charge in [-0.3, -0.25) is 10.1 Å². The number of nitro groups is 1. The van der Waals surface area contributed by atoms with Crippen molar-refractivity contribution in [1.82, 2.24) is 9.97 Å². The molecule has 0 fully saturated rings. The Morgan fingerprint density at radius 3 is 2.48 bits per heavy atom. The molecule has 0 aliphatic rings. The minimum absolute atomic E-state index is 0.00350. The number of hydrogen-bond donors (Lipinski definition) is 2. The molecule has 0 amide bonds. The van der Waals surface area contributed by atoms with Crippen LogP contribution in [0.4, 0.5) is 23.0 Å². The van der Waals surface area contributed by atoms with Crippen molar-refractivity contribution in [1.29, 1.82) is 0 Å². The summed E-state index contributed by atoms with van der Waals surface area (Å²) in [5.41, 5.74) is 0.111. The van der Waals surface area contributed by atoms with Gasteiger partial charge in [-0.2, -0.15) is 0 Å². The number of methoxy groups -OCH3 is 3. The molecule has 1 heterocycles. The molecule has 1 aromatic heterocycles. The van der Waals surface area contributed by atoms with Crippen LogP contribution in [0.1, 0.15) is 6.42 Å². The van der Waals surface area contributed by atoms with Gasteiger partial charge in [-0.25, -0.2) is 9.97 Å². The van der Waals surface area contributed by atoms with Gasteiger partial charge in [-0.15, -0.1) is 0 Å². The Bertz CT molecular complexity index is 805. The first kappa shape index (κ1) is 20.5. The maximum Gasteiger partial charge on any atom is 0.353 e. The number of benzene rings is 1. The summed E-state index contributed by atoms with van der Waals surface area (Å²) in [5.74, 6) is 0.909. The van der Waals surface area contributed by atoms with Crippen molar-refractivity contribution in [3.05, 3.63) is 33.6 Å². The van der Waals surface area contributed by atoms with Gasteiger partial charge in [0.15, 0.2) is 0 Å². The molecule has 0 spiro atoms. The van der Waals surface area contributed by atoms with Crippen LogP contribution >= 0.6 is 11.6 Å². The molecular weight excluding hydrogens is 378 g/mol. The number of nitrogens with zero attached hydrogens (tertiary/aromatic N) is 3. The van der Waals surface area contributed by atoms with E-state index in [1.165, 1.54) is 26.6 Å². The summed E-state index contributed by atoms with van der Waals surface area (Å²) in [4.78, 5) is 19.0. The van der Waals surface area contributed by atoms with Gasteiger partial charge in [0.25, 0.3) is 0 Å². The minimum Gasteiger partial charge on any atom is -0.495 e. The number of aromatic nitrogens is 2. The van der Waals surface area contributed by atoms with Crippen molar-refractivity contribution >= 4 is 34.6 Å². The van der Waals surface area contributed by atoms with Gasteiger partial charge in [0.2, 0.25) is 11.6 Å². The Kier molecular flexibility index (Phi) is 7.38. The highest BCUT2D eigenvalue weighted by Gasteiger charge is 2.24. The van der Waals surface area contributed by atoms with Crippen molar-refractivity contribution in [2.75, 3.05) is 45.1 Å². The Morgan fingerprint density at radius 2 is 1.85 bits per heavy atom. The molecule has 10 nitrogen and oxygen atoms in total. The summed E-state index contributed by atoms with van der Waals surface area (Å²) in [6, 6.07) is 3.11. The molecule has 2 N–H and O–H groups in total. The zero-order valence-electron chi connectivity index (χ0n) is 15.1. The van der Waals surface area contributed by atoms with Crippen LogP contribution in [-0.4, -0.2) is 49.4 Å². The van der Waals surface area contributed by atoms with E-state index in [2.05, 4.69) is 20.6 Å². The largest absolute Gasteiger partial charge is 0.495 e. The Hall–Kier alpha value is -2.85. The van der Waals surface area contributed by atoms with Crippen LogP contribution in [0.3, 0.4) is 0 Å². The summed E-state index contributed by atoms with van der Waals surface area (Å²) in [5, 5.41) is 17.7. The van der Waals surface area contributed by atoms with Gasteiger partial charge in [-0.1, -0.05) is 11.6 Å².